The van der Waals surface area contributed by atoms with Gasteiger partial charge in [-0.05, 0) is 35.7 Å². The number of primary amides is 1. The van der Waals surface area contributed by atoms with Gasteiger partial charge in [0, 0.05) is 24.3 Å². The van der Waals surface area contributed by atoms with Gasteiger partial charge < -0.3 is 5.73 Å². The van der Waals surface area contributed by atoms with E-state index in [4.69, 9.17) is 10.7 Å². The SMILES string of the molecule is Cc1sc2nc(Cc3cccc4ccccc34)n(CCC(N)=O)c(=O)c2c1C. The fourth-order valence-corrected chi connectivity index (χ4v) is 4.61. The molecular weight excluding hydrogens is 370 g/mol. The van der Waals surface area contributed by atoms with Crippen molar-refractivity contribution in [3.63, 3.8) is 0 Å². The Balaban J connectivity index is 1.90. The number of amides is 1. The Labute approximate surface area is 166 Å². The van der Waals surface area contributed by atoms with Crippen molar-refractivity contribution in [3.8, 4) is 0 Å². The first kappa shape index (κ1) is 18.4. The quantitative estimate of drug-likeness (QED) is 0.563. The summed E-state index contributed by atoms with van der Waals surface area (Å²) in [6.45, 7) is 4.19. The minimum Gasteiger partial charge on any atom is -0.370 e. The van der Waals surface area contributed by atoms with Crippen molar-refractivity contribution in [2.45, 2.75) is 33.2 Å². The molecule has 0 aliphatic rings. The molecule has 0 saturated heterocycles. The zero-order chi connectivity index (χ0) is 19.8. The number of nitrogens with zero attached hydrogens (tertiary/aromatic N) is 2. The molecular formula is C22H21N3O2S. The molecule has 4 rings (SSSR count). The van der Waals surface area contributed by atoms with Gasteiger partial charge in [-0.15, -0.1) is 11.3 Å². The van der Waals surface area contributed by atoms with E-state index in [9.17, 15) is 9.59 Å². The second-order valence-electron chi connectivity index (χ2n) is 6.98. The van der Waals surface area contributed by atoms with E-state index in [-0.39, 0.29) is 18.5 Å². The summed E-state index contributed by atoms with van der Waals surface area (Å²) in [5, 5.41) is 2.93. The average Bonchev–Trinajstić information content (AvgIpc) is 2.95. The van der Waals surface area contributed by atoms with Crippen LogP contribution in [0.15, 0.2) is 47.3 Å². The highest BCUT2D eigenvalue weighted by Gasteiger charge is 2.17. The first-order valence-corrected chi connectivity index (χ1v) is 10.0. The molecule has 0 radical (unpaired) electrons. The molecule has 28 heavy (non-hydrogen) atoms. The lowest BCUT2D eigenvalue weighted by atomic mass is 10.0. The number of fused-ring (bicyclic) bond motifs is 2. The van der Waals surface area contributed by atoms with Crippen LogP contribution in [0.25, 0.3) is 21.0 Å². The molecule has 0 bridgehead atoms. The monoisotopic (exact) mass is 391 g/mol. The van der Waals surface area contributed by atoms with Gasteiger partial charge in [-0.1, -0.05) is 42.5 Å². The zero-order valence-corrected chi connectivity index (χ0v) is 16.7. The summed E-state index contributed by atoms with van der Waals surface area (Å²) in [5.41, 5.74) is 7.31. The number of carbonyl (C=O) groups excluding carboxylic acids is 1. The lowest BCUT2D eigenvalue weighted by Gasteiger charge is -2.13. The number of hydrogen-bond acceptors (Lipinski definition) is 4. The van der Waals surface area contributed by atoms with Gasteiger partial charge in [0.15, 0.2) is 0 Å². The van der Waals surface area contributed by atoms with Crippen LogP contribution >= 0.6 is 11.3 Å². The maximum atomic E-state index is 13.2. The summed E-state index contributed by atoms with van der Waals surface area (Å²) in [6, 6.07) is 14.3. The molecule has 0 aliphatic carbocycles. The molecule has 2 aromatic carbocycles. The predicted molar refractivity (Wildman–Crippen MR) is 114 cm³/mol. The van der Waals surface area contributed by atoms with Crippen LogP contribution in [0.1, 0.15) is 28.2 Å². The first-order chi connectivity index (χ1) is 13.5. The van der Waals surface area contributed by atoms with E-state index in [0.717, 1.165) is 31.6 Å². The van der Waals surface area contributed by atoms with Gasteiger partial charge >= 0.3 is 0 Å². The molecule has 0 unspecified atom stereocenters. The number of hydrogen-bond donors (Lipinski definition) is 1. The lowest BCUT2D eigenvalue weighted by Crippen LogP contribution is -2.28. The molecule has 2 N–H and O–H groups in total. The summed E-state index contributed by atoms with van der Waals surface area (Å²) in [4.78, 5) is 31.2. The molecule has 4 aromatic rings. The predicted octanol–water partition coefficient (Wildman–Crippen LogP) is 3.69. The van der Waals surface area contributed by atoms with Crippen molar-refractivity contribution in [3.05, 3.63) is 74.6 Å². The van der Waals surface area contributed by atoms with E-state index in [1.807, 2.05) is 32.0 Å². The van der Waals surface area contributed by atoms with Gasteiger partial charge in [0.2, 0.25) is 5.91 Å². The van der Waals surface area contributed by atoms with E-state index in [2.05, 4.69) is 24.3 Å². The van der Waals surface area contributed by atoms with Gasteiger partial charge in [-0.25, -0.2) is 4.98 Å². The third kappa shape index (κ3) is 3.20. The smallest absolute Gasteiger partial charge is 0.262 e. The van der Waals surface area contributed by atoms with Crippen LogP contribution in [-0.2, 0) is 17.8 Å². The van der Waals surface area contributed by atoms with Crippen molar-refractivity contribution < 1.29 is 4.79 Å². The Morgan fingerprint density at radius 3 is 2.68 bits per heavy atom. The van der Waals surface area contributed by atoms with Crippen LogP contribution in [0.4, 0.5) is 0 Å². The fraction of sp³-hybridized carbons (Fsp3) is 0.227. The van der Waals surface area contributed by atoms with Crippen LogP contribution < -0.4 is 11.3 Å². The van der Waals surface area contributed by atoms with E-state index in [1.165, 1.54) is 11.3 Å². The topological polar surface area (TPSA) is 78.0 Å². The summed E-state index contributed by atoms with van der Waals surface area (Å²) < 4.78 is 1.62. The van der Waals surface area contributed by atoms with E-state index in [1.54, 1.807) is 4.57 Å². The molecule has 142 valence electrons. The molecule has 5 nitrogen and oxygen atoms in total. The van der Waals surface area contributed by atoms with Crippen LogP contribution in [0.2, 0.25) is 0 Å². The Kier molecular flexibility index (Phi) is 4.73. The Bertz CT molecular complexity index is 1260. The molecule has 0 spiro atoms. The molecule has 0 saturated carbocycles. The van der Waals surface area contributed by atoms with Crippen molar-refractivity contribution in [1.29, 1.82) is 0 Å². The minimum atomic E-state index is -0.429. The van der Waals surface area contributed by atoms with Gasteiger partial charge in [-0.3, -0.25) is 14.2 Å². The third-order valence-corrected chi connectivity index (χ3v) is 6.28. The minimum absolute atomic E-state index is 0.0941. The number of benzene rings is 2. The standard InChI is InChI=1S/C22H21N3O2S/c1-13-14(2)28-21-20(13)22(27)25(11-10-18(23)26)19(24-21)12-16-8-5-7-15-6-3-4-9-17(15)16/h3-9H,10-12H2,1-2H3,(H2,23,26). The van der Waals surface area contributed by atoms with Crippen molar-refractivity contribution in [1.82, 2.24) is 9.55 Å². The van der Waals surface area contributed by atoms with E-state index in [0.29, 0.717) is 17.6 Å². The number of aryl methyl sites for hydroxylation is 2. The number of aromatic nitrogens is 2. The van der Waals surface area contributed by atoms with Crippen LogP contribution in [0.5, 0.6) is 0 Å². The summed E-state index contributed by atoms with van der Waals surface area (Å²) in [6.07, 6.45) is 0.624. The van der Waals surface area contributed by atoms with Crippen LogP contribution in [0.3, 0.4) is 0 Å². The fourth-order valence-electron chi connectivity index (χ4n) is 3.57. The summed E-state index contributed by atoms with van der Waals surface area (Å²) in [5.74, 6) is 0.234. The van der Waals surface area contributed by atoms with Gasteiger partial charge in [0.1, 0.15) is 10.7 Å². The highest BCUT2D eigenvalue weighted by molar-refractivity contribution is 7.18. The summed E-state index contributed by atoms with van der Waals surface area (Å²) in [7, 11) is 0. The number of rotatable bonds is 5. The molecule has 1 amide bonds. The number of carbonyl (C=O) groups is 1. The van der Waals surface area contributed by atoms with Crippen LogP contribution in [0, 0.1) is 13.8 Å². The van der Waals surface area contributed by atoms with Crippen molar-refractivity contribution in [2.24, 2.45) is 5.73 Å². The molecule has 2 heterocycles. The second kappa shape index (κ2) is 7.20. The van der Waals surface area contributed by atoms with Crippen molar-refractivity contribution >= 4 is 38.2 Å². The largest absolute Gasteiger partial charge is 0.370 e. The highest BCUT2D eigenvalue weighted by Crippen LogP contribution is 2.27. The molecule has 2 aromatic heterocycles. The maximum absolute atomic E-state index is 13.2. The zero-order valence-electron chi connectivity index (χ0n) is 15.9. The van der Waals surface area contributed by atoms with Gasteiger partial charge in [0.25, 0.3) is 5.56 Å². The normalized spacial score (nSPS) is 11.4. The Morgan fingerprint density at radius 1 is 1.14 bits per heavy atom. The third-order valence-electron chi connectivity index (χ3n) is 5.18. The van der Waals surface area contributed by atoms with Gasteiger partial charge in [0.05, 0.1) is 5.39 Å². The Hall–Kier alpha value is -2.99. The van der Waals surface area contributed by atoms with Gasteiger partial charge in [-0.2, -0.15) is 0 Å². The molecule has 0 fully saturated rings. The first-order valence-electron chi connectivity index (χ1n) is 9.20. The molecule has 6 heteroatoms. The molecule has 0 atom stereocenters. The Morgan fingerprint density at radius 2 is 1.89 bits per heavy atom. The second-order valence-corrected chi connectivity index (χ2v) is 8.18. The lowest BCUT2D eigenvalue weighted by molar-refractivity contribution is -0.118. The van der Waals surface area contributed by atoms with Crippen LogP contribution in [-0.4, -0.2) is 15.5 Å². The number of thiophene rings is 1. The van der Waals surface area contributed by atoms with Crippen molar-refractivity contribution in [2.75, 3.05) is 0 Å². The highest BCUT2D eigenvalue weighted by atomic mass is 32.1. The van der Waals surface area contributed by atoms with E-state index >= 15 is 0 Å². The maximum Gasteiger partial charge on any atom is 0.262 e. The number of nitrogens with two attached hydrogens (primary N) is 1. The summed E-state index contributed by atoms with van der Waals surface area (Å²) >= 11 is 1.54. The van der Waals surface area contributed by atoms with E-state index < -0.39 is 5.91 Å². The average molecular weight is 391 g/mol. The molecule has 0 aliphatic heterocycles.